The fraction of sp³-hybridized carbons (Fsp3) is 0.533. The summed E-state index contributed by atoms with van der Waals surface area (Å²) in [6.45, 7) is 4.95. The van der Waals surface area contributed by atoms with E-state index in [4.69, 9.17) is 22.1 Å². The van der Waals surface area contributed by atoms with E-state index in [0.717, 1.165) is 5.56 Å². The average Bonchev–Trinajstić information content (AvgIpc) is 2.85. The normalized spacial score (nSPS) is 23.9. The van der Waals surface area contributed by atoms with Gasteiger partial charge in [0.2, 0.25) is 5.91 Å². The van der Waals surface area contributed by atoms with Gasteiger partial charge in [-0.15, -0.1) is 0 Å². The number of ether oxygens (including phenoxy) is 1. The summed E-state index contributed by atoms with van der Waals surface area (Å²) >= 11 is 5.90. The van der Waals surface area contributed by atoms with Gasteiger partial charge in [-0.25, -0.2) is 0 Å². The van der Waals surface area contributed by atoms with Gasteiger partial charge in [-0.2, -0.15) is 0 Å². The Hall–Kier alpha value is -1.10. The van der Waals surface area contributed by atoms with Crippen LogP contribution in [0, 0.1) is 5.92 Å². The first-order valence-electron chi connectivity index (χ1n) is 6.85. The number of hydrogen-bond donors (Lipinski definition) is 2. The Morgan fingerprint density at radius 1 is 1.40 bits per heavy atom. The number of hydrogen-bond acceptors (Lipinski definition) is 3. The van der Waals surface area contributed by atoms with E-state index in [9.17, 15) is 4.79 Å². The highest BCUT2D eigenvalue weighted by atomic mass is 35.5. The van der Waals surface area contributed by atoms with Crippen LogP contribution >= 0.6 is 11.6 Å². The number of carbonyl (C=O) groups is 1. The second-order valence-electron chi connectivity index (χ2n) is 5.71. The molecule has 1 aromatic rings. The lowest BCUT2D eigenvalue weighted by Gasteiger charge is -2.28. The van der Waals surface area contributed by atoms with E-state index in [1.807, 2.05) is 24.3 Å². The second kappa shape index (κ2) is 6.12. The van der Waals surface area contributed by atoms with Gasteiger partial charge in [0.25, 0.3) is 0 Å². The number of rotatable bonds is 4. The van der Waals surface area contributed by atoms with Crippen molar-refractivity contribution in [3.8, 4) is 0 Å². The molecule has 3 N–H and O–H groups in total. The highest BCUT2D eigenvalue weighted by Crippen LogP contribution is 2.25. The lowest BCUT2D eigenvalue weighted by molar-refractivity contribution is -0.127. The van der Waals surface area contributed by atoms with E-state index in [2.05, 4.69) is 19.2 Å². The largest absolute Gasteiger partial charge is 0.379 e. The SMILES string of the molecule is CC(C)C(NC(=O)C1(N)CCOC1)c1ccc(Cl)cc1. The number of nitrogens with two attached hydrogens (primary N) is 1. The van der Waals surface area contributed by atoms with Crippen molar-refractivity contribution >= 4 is 17.5 Å². The third-order valence-electron chi connectivity index (χ3n) is 3.69. The molecule has 1 aliphatic rings. The molecule has 0 aliphatic carbocycles. The molecular formula is C15H21ClN2O2. The molecule has 1 amide bonds. The van der Waals surface area contributed by atoms with Crippen molar-refractivity contribution in [1.29, 1.82) is 0 Å². The van der Waals surface area contributed by atoms with E-state index in [0.29, 0.717) is 18.1 Å². The van der Waals surface area contributed by atoms with Crippen molar-refractivity contribution in [2.24, 2.45) is 11.7 Å². The van der Waals surface area contributed by atoms with Crippen molar-refractivity contribution < 1.29 is 9.53 Å². The summed E-state index contributed by atoms with van der Waals surface area (Å²) < 4.78 is 5.24. The monoisotopic (exact) mass is 296 g/mol. The third kappa shape index (κ3) is 3.32. The fourth-order valence-corrected chi connectivity index (χ4v) is 2.48. The molecule has 2 unspecified atom stereocenters. The van der Waals surface area contributed by atoms with Crippen molar-refractivity contribution in [1.82, 2.24) is 5.32 Å². The van der Waals surface area contributed by atoms with Gasteiger partial charge in [0, 0.05) is 11.6 Å². The average molecular weight is 297 g/mol. The van der Waals surface area contributed by atoms with Gasteiger partial charge in [0.05, 0.1) is 12.6 Å². The first-order valence-corrected chi connectivity index (χ1v) is 7.23. The Balaban J connectivity index is 2.13. The Morgan fingerprint density at radius 3 is 2.55 bits per heavy atom. The Bertz CT molecular complexity index is 467. The van der Waals surface area contributed by atoms with Crippen LogP contribution in [0.4, 0.5) is 0 Å². The summed E-state index contributed by atoms with van der Waals surface area (Å²) in [5.41, 5.74) is 6.22. The molecule has 2 atom stereocenters. The second-order valence-corrected chi connectivity index (χ2v) is 6.14. The van der Waals surface area contributed by atoms with Gasteiger partial charge in [0.1, 0.15) is 5.54 Å². The maximum absolute atomic E-state index is 12.4. The molecule has 110 valence electrons. The standard InChI is InChI=1S/C15H21ClN2O2/c1-10(2)13(11-3-5-12(16)6-4-11)18-14(19)15(17)7-8-20-9-15/h3-6,10,13H,7-9,17H2,1-2H3,(H,18,19). The van der Waals surface area contributed by atoms with E-state index < -0.39 is 5.54 Å². The molecule has 5 heteroatoms. The van der Waals surface area contributed by atoms with Gasteiger partial charge in [0.15, 0.2) is 0 Å². The smallest absolute Gasteiger partial charge is 0.243 e. The molecular weight excluding hydrogens is 276 g/mol. The molecule has 1 fully saturated rings. The summed E-state index contributed by atoms with van der Waals surface area (Å²) in [6, 6.07) is 7.44. The molecule has 1 heterocycles. The van der Waals surface area contributed by atoms with Crippen molar-refractivity contribution in [3.05, 3.63) is 34.9 Å². The minimum Gasteiger partial charge on any atom is -0.379 e. The van der Waals surface area contributed by atoms with Gasteiger partial charge < -0.3 is 15.8 Å². The quantitative estimate of drug-likeness (QED) is 0.896. The van der Waals surface area contributed by atoms with Crippen LogP contribution < -0.4 is 11.1 Å². The number of halogens is 1. The molecule has 0 bridgehead atoms. The van der Waals surface area contributed by atoms with Crippen molar-refractivity contribution in [2.45, 2.75) is 31.8 Å². The van der Waals surface area contributed by atoms with E-state index in [1.54, 1.807) is 0 Å². The highest BCUT2D eigenvalue weighted by Gasteiger charge is 2.39. The number of carbonyl (C=O) groups excluding carboxylic acids is 1. The Morgan fingerprint density at radius 2 is 2.05 bits per heavy atom. The van der Waals surface area contributed by atoms with Gasteiger partial charge in [-0.05, 0) is 30.0 Å². The van der Waals surface area contributed by atoms with E-state index >= 15 is 0 Å². The third-order valence-corrected chi connectivity index (χ3v) is 3.94. The topological polar surface area (TPSA) is 64.4 Å². The molecule has 1 saturated heterocycles. The zero-order chi connectivity index (χ0) is 14.8. The maximum Gasteiger partial charge on any atom is 0.243 e. The van der Waals surface area contributed by atoms with Crippen LogP contribution in [-0.4, -0.2) is 24.7 Å². The number of benzene rings is 1. The first kappa shape index (κ1) is 15.3. The maximum atomic E-state index is 12.4. The zero-order valence-electron chi connectivity index (χ0n) is 11.9. The minimum atomic E-state index is -0.903. The molecule has 20 heavy (non-hydrogen) atoms. The van der Waals surface area contributed by atoms with E-state index in [-0.39, 0.29) is 24.5 Å². The van der Waals surface area contributed by atoms with Gasteiger partial charge in [-0.3, -0.25) is 4.79 Å². The zero-order valence-corrected chi connectivity index (χ0v) is 12.6. The van der Waals surface area contributed by atoms with Crippen molar-refractivity contribution in [3.63, 3.8) is 0 Å². The molecule has 4 nitrogen and oxygen atoms in total. The lowest BCUT2D eigenvalue weighted by atomic mass is 9.93. The Kier molecular flexibility index (Phi) is 4.68. The highest BCUT2D eigenvalue weighted by molar-refractivity contribution is 6.30. The van der Waals surface area contributed by atoms with E-state index in [1.165, 1.54) is 0 Å². The summed E-state index contributed by atoms with van der Waals surface area (Å²) in [5, 5.41) is 3.73. The summed E-state index contributed by atoms with van der Waals surface area (Å²) in [7, 11) is 0. The summed E-state index contributed by atoms with van der Waals surface area (Å²) in [6.07, 6.45) is 0.560. The van der Waals surface area contributed by atoms with Crippen LogP contribution in [0.5, 0.6) is 0 Å². The molecule has 0 aromatic heterocycles. The molecule has 0 radical (unpaired) electrons. The van der Waals surface area contributed by atoms with Crippen LogP contribution in [0.3, 0.4) is 0 Å². The van der Waals surface area contributed by atoms with Crippen LogP contribution in [0.25, 0.3) is 0 Å². The van der Waals surface area contributed by atoms with Crippen LogP contribution in [0.1, 0.15) is 31.9 Å². The van der Waals surface area contributed by atoms with Gasteiger partial charge in [-0.1, -0.05) is 37.6 Å². The first-order chi connectivity index (χ1) is 9.42. The summed E-state index contributed by atoms with van der Waals surface area (Å²) in [4.78, 5) is 12.4. The van der Waals surface area contributed by atoms with Crippen LogP contribution in [0.2, 0.25) is 5.02 Å². The summed E-state index contributed by atoms with van der Waals surface area (Å²) in [5.74, 6) is 0.106. The molecule has 0 spiro atoms. The fourth-order valence-electron chi connectivity index (χ4n) is 2.35. The lowest BCUT2D eigenvalue weighted by Crippen LogP contribution is -2.55. The number of nitrogens with one attached hydrogen (secondary N) is 1. The number of amides is 1. The minimum absolute atomic E-state index is 0.0826. The van der Waals surface area contributed by atoms with Crippen LogP contribution in [-0.2, 0) is 9.53 Å². The molecule has 1 aliphatic heterocycles. The van der Waals surface area contributed by atoms with Crippen LogP contribution in [0.15, 0.2) is 24.3 Å². The molecule has 0 saturated carbocycles. The Labute approximate surface area is 124 Å². The molecule has 2 rings (SSSR count). The predicted molar refractivity (Wildman–Crippen MR) is 79.5 cm³/mol. The predicted octanol–water partition coefficient (Wildman–Crippen LogP) is 2.27. The van der Waals surface area contributed by atoms with Crippen molar-refractivity contribution in [2.75, 3.05) is 13.2 Å². The van der Waals surface area contributed by atoms with Gasteiger partial charge >= 0.3 is 0 Å². The molecule has 1 aromatic carbocycles.